The van der Waals surface area contributed by atoms with Crippen LogP contribution in [0.1, 0.15) is 31.4 Å². The number of hydrogen-bond donors (Lipinski definition) is 2. The number of carbonyl (C=O) groups is 1. The minimum atomic E-state index is -0.434. The molecule has 0 aromatic heterocycles. The second-order valence-electron chi connectivity index (χ2n) is 5.02. The van der Waals surface area contributed by atoms with Gasteiger partial charge in [-0.1, -0.05) is 19.9 Å². The van der Waals surface area contributed by atoms with Crippen LogP contribution in [-0.2, 0) is 4.79 Å². The van der Waals surface area contributed by atoms with Crippen molar-refractivity contribution in [2.45, 2.75) is 40.2 Å². The molecule has 0 bridgehead atoms. The minimum Gasteiger partial charge on any atom is -0.325 e. The van der Waals surface area contributed by atoms with Crippen LogP contribution in [0.25, 0.3) is 0 Å². The summed E-state index contributed by atoms with van der Waals surface area (Å²) in [5.41, 5.74) is 9.02. The van der Waals surface area contributed by atoms with Crippen LogP contribution in [0, 0.1) is 19.8 Å². The van der Waals surface area contributed by atoms with E-state index in [-0.39, 0.29) is 5.91 Å². The van der Waals surface area contributed by atoms with Gasteiger partial charge in [0.05, 0.1) is 6.04 Å². The molecule has 0 unspecified atom stereocenters. The third kappa shape index (κ3) is 4.19. The van der Waals surface area contributed by atoms with Crippen LogP contribution in [0.5, 0.6) is 0 Å². The Bertz CT molecular complexity index is 399. The molecular formula is C14H22N2O. The molecule has 0 fully saturated rings. The Hall–Kier alpha value is -1.35. The number of benzene rings is 1. The summed E-state index contributed by atoms with van der Waals surface area (Å²) in [6, 6.07) is 5.44. The molecule has 0 saturated carbocycles. The second kappa shape index (κ2) is 5.82. The fraction of sp³-hybridized carbons (Fsp3) is 0.500. The van der Waals surface area contributed by atoms with Gasteiger partial charge in [0.15, 0.2) is 0 Å². The van der Waals surface area contributed by atoms with Crippen molar-refractivity contribution >= 4 is 11.6 Å². The number of hydrogen-bond acceptors (Lipinski definition) is 2. The summed E-state index contributed by atoms with van der Waals surface area (Å²) < 4.78 is 0. The molecule has 94 valence electrons. The summed E-state index contributed by atoms with van der Waals surface area (Å²) in [7, 11) is 0. The first kappa shape index (κ1) is 13.7. The lowest BCUT2D eigenvalue weighted by Crippen LogP contribution is -2.36. The van der Waals surface area contributed by atoms with E-state index in [2.05, 4.69) is 19.2 Å². The summed E-state index contributed by atoms with van der Waals surface area (Å²) in [4.78, 5) is 11.8. The fourth-order valence-corrected chi connectivity index (χ4v) is 1.67. The van der Waals surface area contributed by atoms with E-state index in [1.807, 2.05) is 32.0 Å². The molecule has 0 heterocycles. The molecule has 0 aliphatic heterocycles. The summed E-state index contributed by atoms with van der Waals surface area (Å²) >= 11 is 0. The molecule has 1 rings (SSSR count). The van der Waals surface area contributed by atoms with Crippen molar-refractivity contribution in [1.29, 1.82) is 0 Å². The van der Waals surface area contributed by atoms with Gasteiger partial charge in [-0.05, 0) is 49.4 Å². The molecule has 1 aromatic carbocycles. The SMILES string of the molecule is Cc1ccc(NC(=O)[C@@H](N)CC(C)C)cc1C. The molecule has 0 saturated heterocycles. The van der Waals surface area contributed by atoms with E-state index in [0.717, 1.165) is 5.69 Å². The number of amides is 1. The summed E-state index contributed by atoms with van der Waals surface area (Å²) in [6.45, 7) is 8.19. The molecule has 0 aliphatic rings. The van der Waals surface area contributed by atoms with E-state index in [4.69, 9.17) is 5.73 Å². The maximum atomic E-state index is 11.8. The third-order valence-corrected chi connectivity index (χ3v) is 2.84. The van der Waals surface area contributed by atoms with Crippen LogP contribution in [0.15, 0.2) is 18.2 Å². The van der Waals surface area contributed by atoms with Crippen LogP contribution >= 0.6 is 0 Å². The first-order chi connectivity index (χ1) is 7.90. The van der Waals surface area contributed by atoms with Gasteiger partial charge < -0.3 is 11.1 Å². The third-order valence-electron chi connectivity index (χ3n) is 2.84. The zero-order chi connectivity index (χ0) is 13.0. The molecule has 3 N–H and O–H groups in total. The van der Waals surface area contributed by atoms with Gasteiger partial charge in [0.2, 0.25) is 5.91 Å². The molecular weight excluding hydrogens is 212 g/mol. The Morgan fingerprint density at radius 1 is 1.29 bits per heavy atom. The monoisotopic (exact) mass is 234 g/mol. The van der Waals surface area contributed by atoms with Crippen molar-refractivity contribution in [3.05, 3.63) is 29.3 Å². The number of nitrogens with one attached hydrogen (secondary N) is 1. The zero-order valence-corrected chi connectivity index (χ0v) is 11.1. The van der Waals surface area contributed by atoms with Crippen LogP contribution < -0.4 is 11.1 Å². The topological polar surface area (TPSA) is 55.1 Å². The quantitative estimate of drug-likeness (QED) is 0.841. The van der Waals surface area contributed by atoms with Crippen LogP contribution in [-0.4, -0.2) is 11.9 Å². The molecule has 17 heavy (non-hydrogen) atoms. The lowest BCUT2D eigenvalue weighted by Gasteiger charge is -2.14. The fourth-order valence-electron chi connectivity index (χ4n) is 1.67. The molecule has 0 aliphatic carbocycles. The highest BCUT2D eigenvalue weighted by molar-refractivity contribution is 5.94. The van der Waals surface area contributed by atoms with Crippen molar-refractivity contribution in [2.75, 3.05) is 5.32 Å². The summed E-state index contributed by atoms with van der Waals surface area (Å²) in [5, 5.41) is 2.85. The van der Waals surface area contributed by atoms with Gasteiger partial charge in [0.1, 0.15) is 0 Å². The Morgan fingerprint density at radius 2 is 1.94 bits per heavy atom. The Balaban J connectivity index is 2.64. The van der Waals surface area contributed by atoms with Gasteiger partial charge in [-0.25, -0.2) is 0 Å². The summed E-state index contributed by atoms with van der Waals surface area (Å²) in [5.74, 6) is 0.317. The maximum Gasteiger partial charge on any atom is 0.241 e. The van der Waals surface area contributed by atoms with E-state index in [9.17, 15) is 4.79 Å². The van der Waals surface area contributed by atoms with Crippen molar-refractivity contribution in [2.24, 2.45) is 11.7 Å². The molecule has 1 aromatic rings. The highest BCUT2D eigenvalue weighted by Crippen LogP contribution is 2.14. The number of nitrogens with two attached hydrogens (primary N) is 1. The van der Waals surface area contributed by atoms with Gasteiger partial charge in [0.25, 0.3) is 0 Å². The van der Waals surface area contributed by atoms with Crippen molar-refractivity contribution in [3.8, 4) is 0 Å². The lowest BCUT2D eigenvalue weighted by atomic mass is 10.0. The number of carbonyl (C=O) groups excluding carboxylic acids is 1. The van der Waals surface area contributed by atoms with Crippen molar-refractivity contribution < 1.29 is 4.79 Å². The van der Waals surface area contributed by atoms with E-state index < -0.39 is 6.04 Å². The summed E-state index contributed by atoms with van der Waals surface area (Å²) in [6.07, 6.45) is 0.705. The average Bonchev–Trinajstić information content (AvgIpc) is 2.22. The van der Waals surface area contributed by atoms with E-state index in [1.54, 1.807) is 0 Å². The highest BCUT2D eigenvalue weighted by Gasteiger charge is 2.14. The van der Waals surface area contributed by atoms with Crippen molar-refractivity contribution in [3.63, 3.8) is 0 Å². The zero-order valence-electron chi connectivity index (χ0n) is 11.1. The standard InChI is InChI=1S/C14H22N2O/c1-9(2)7-13(15)14(17)16-12-6-5-10(3)11(4)8-12/h5-6,8-9,13H,7,15H2,1-4H3,(H,16,17)/t13-/m0/s1. The number of anilines is 1. The van der Waals surface area contributed by atoms with Gasteiger partial charge in [-0.2, -0.15) is 0 Å². The van der Waals surface area contributed by atoms with Gasteiger partial charge in [-0.15, -0.1) is 0 Å². The van der Waals surface area contributed by atoms with Gasteiger partial charge in [-0.3, -0.25) is 4.79 Å². The Morgan fingerprint density at radius 3 is 2.47 bits per heavy atom. The van der Waals surface area contributed by atoms with E-state index in [1.165, 1.54) is 11.1 Å². The predicted molar refractivity (Wildman–Crippen MR) is 72.0 cm³/mol. The smallest absolute Gasteiger partial charge is 0.241 e. The lowest BCUT2D eigenvalue weighted by molar-refractivity contribution is -0.117. The molecule has 0 radical (unpaired) electrons. The normalized spacial score (nSPS) is 12.6. The highest BCUT2D eigenvalue weighted by atomic mass is 16.2. The number of aryl methyl sites for hydroxylation is 2. The second-order valence-corrected chi connectivity index (χ2v) is 5.02. The van der Waals surface area contributed by atoms with Crippen molar-refractivity contribution in [1.82, 2.24) is 0 Å². The van der Waals surface area contributed by atoms with Crippen LogP contribution in [0.2, 0.25) is 0 Å². The molecule has 1 atom stereocenters. The van der Waals surface area contributed by atoms with E-state index >= 15 is 0 Å². The molecule has 0 spiro atoms. The Labute approximate surface area is 103 Å². The van der Waals surface area contributed by atoms with Gasteiger partial charge >= 0.3 is 0 Å². The molecule has 3 nitrogen and oxygen atoms in total. The largest absolute Gasteiger partial charge is 0.325 e. The molecule has 1 amide bonds. The predicted octanol–water partition coefficient (Wildman–Crippen LogP) is 2.62. The van der Waals surface area contributed by atoms with E-state index in [0.29, 0.717) is 12.3 Å². The van der Waals surface area contributed by atoms with Crippen LogP contribution in [0.4, 0.5) is 5.69 Å². The minimum absolute atomic E-state index is 0.109. The first-order valence-corrected chi connectivity index (χ1v) is 6.04. The van der Waals surface area contributed by atoms with Crippen LogP contribution in [0.3, 0.4) is 0 Å². The maximum absolute atomic E-state index is 11.8. The van der Waals surface area contributed by atoms with Gasteiger partial charge in [0, 0.05) is 5.69 Å². The first-order valence-electron chi connectivity index (χ1n) is 6.04. The average molecular weight is 234 g/mol. The Kier molecular flexibility index (Phi) is 4.70. The number of rotatable bonds is 4. The molecule has 3 heteroatoms.